The van der Waals surface area contributed by atoms with Crippen LogP contribution in [0.1, 0.15) is 24.0 Å². The number of anilines is 6. The lowest BCUT2D eigenvalue weighted by Crippen LogP contribution is -2.17. The van der Waals surface area contributed by atoms with Crippen LogP contribution in [0.3, 0.4) is 0 Å². The van der Waals surface area contributed by atoms with E-state index >= 15 is 0 Å². The predicted molar refractivity (Wildman–Crippen MR) is 240 cm³/mol. The Morgan fingerprint density at radius 1 is 0.298 bits per heavy atom. The summed E-state index contributed by atoms with van der Waals surface area (Å²) < 4.78 is 0. The largest absolute Gasteiger partial charge is 0.311 e. The normalized spacial score (nSPS) is 13.3. The molecule has 2 heteroatoms. The molecule has 0 radical (unpaired) electrons. The SMILES string of the molecule is c1ccc(N(c2ccccc2)c2ccc(-c3ccc(-c4ccc5c6c(cccc46)-c4ccc(N(c6ccccc6)c6ccccc6)cc4C54CC4)cc3)cc2)cc1. The molecule has 0 heterocycles. The molecule has 0 N–H and O–H groups in total. The zero-order chi connectivity index (χ0) is 37.8. The summed E-state index contributed by atoms with van der Waals surface area (Å²) in [6.07, 6.45) is 2.34. The lowest BCUT2D eigenvalue weighted by molar-refractivity contribution is 0.853. The molecule has 270 valence electrons. The summed E-state index contributed by atoms with van der Waals surface area (Å²) in [5.41, 5.74) is 17.6. The number of hydrogen-bond acceptors (Lipinski definition) is 2. The van der Waals surface area contributed by atoms with E-state index in [9.17, 15) is 0 Å². The molecule has 9 aromatic rings. The molecule has 0 aromatic heterocycles. The third kappa shape index (κ3) is 5.64. The molecule has 2 aliphatic carbocycles. The van der Waals surface area contributed by atoms with Crippen LogP contribution in [-0.2, 0) is 5.41 Å². The first-order valence-corrected chi connectivity index (χ1v) is 20.0. The Morgan fingerprint density at radius 2 is 0.737 bits per heavy atom. The van der Waals surface area contributed by atoms with Crippen molar-refractivity contribution < 1.29 is 0 Å². The highest BCUT2D eigenvalue weighted by Gasteiger charge is 2.50. The lowest BCUT2D eigenvalue weighted by Gasteiger charge is -2.32. The highest BCUT2D eigenvalue weighted by molar-refractivity contribution is 6.10. The summed E-state index contributed by atoms with van der Waals surface area (Å²) in [6.45, 7) is 0. The quantitative estimate of drug-likeness (QED) is 0.154. The highest BCUT2D eigenvalue weighted by atomic mass is 15.1. The average Bonchev–Trinajstić information content (AvgIpc) is 4.09. The van der Waals surface area contributed by atoms with Gasteiger partial charge in [-0.1, -0.05) is 146 Å². The standard InChI is InChI=1S/C55H40N2/c1-5-14-42(15-6-1)56(43-16-7-2-8-17-43)46-30-28-40(29-31-46)39-24-26-41(27-25-39)48-34-35-52-54-50(48)22-13-23-51(54)49-33-32-47(38-53(49)55(52)36-37-55)57(44-18-9-3-10-19-44)45-20-11-4-12-21-45/h1-35,38H,36-37H2. The third-order valence-corrected chi connectivity index (χ3v) is 12.1. The highest BCUT2D eigenvalue weighted by Crippen LogP contribution is 2.62. The molecule has 9 aromatic carbocycles. The molecule has 0 atom stereocenters. The number of nitrogens with zero attached hydrogens (tertiary/aromatic N) is 2. The van der Waals surface area contributed by atoms with E-state index in [0.717, 1.165) is 28.4 Å². The van der Waals surface area contributed by atoms with Crippen molar-refractivity contribution in [2.24, 2.45) is 0 Å². The smallest absolute Gasteiger partial charge is 0.0465 e. The van der Waals surface area contributed by atoms with Crippen LogP contribution in [0, 0.1) is 0 Å². The van der Waals surface area contributed by atoms with Crippen molar-refractivity contribution in [2.75, 3.05) is 9.80 Å². The van der Waals surface area contributed by atoms with Crippen molar-refractivity contribution in [3.63, 3.8) is 0 Å². The second-order valence-electron chi connectivity index (χ2n) is 15.3. The van der Waals surface area contributed by atoms with Crippen LogP contribution in [0.2, 0.25) is 0 Å². The van der Waals surface area contributed by atoms with E-state index in [1.54, 1.807) is 0 Å². The minimum Gasteiger partial charge on any atom is -0.311 e. The van der Waals surface area contributed by atoms with Crippen molar-refractivity contribution in [1.82, 2.24) is 0 Å². The fourth-order valence-corrected chi connectivity index (χ4v) is 9.24. The molecule has 0 aliphatic heterocycles. The molecule has 57 heavy (non-hydrogen) atoms. The topological polar surface area (TPSA) is 6.48 Å². The number of para-hydroxylation sites is 4. The molecule has 0 saturated heterocycles. The van der Waals surface area contributed by atoms with E-state index < -0.39 is 0 Å². The maximum absolute atomic E-state index is 2.48. The summed E-state index contributed by atoms with van der Waals surface area (Å²) in [7, 11) is 0. The Hall–Kier alpha value is -7.16. The minimum atomic E-state index is 0.0438. The van der Waals surface area contributed by atoms with E-state index in [1.165, 1.54) is 73.8 Å². The third-order valence-electron chi connectivity index (χ3n) is 12.1. The van der Waals surface area contributed by atoms with Gasteiger partial charge in [0.25, 0.3) is 0 Å². The van der Waals surface area contributed by atoms with Crippen LogP contribution < -0.4 is 9.80 Å². The second-order valence-corrected chi connectivity index (χ2v) is 15.3. The molecule has 1 saturated carbocycles. The molecule has 2 nitrogen and oxygen atoms in total. The van der Waals surface area contributed by atoms with Crippen molar-refractivity contribution in [2.45, 2.75) is 18.3 Å². The average molecular weight is 729 g/mol. The van der Waals surface area contributed by atoms with Crippen LogP contribution in [0.15, 0.2) is 218 Å². The van der Waals surface area contributed by atoms with E-state index in [4.69, 9.17) is 0 Å². The number of benzene rings is 9. The van der Waals surface area contributed by atoms with Crippen LogP contribution >= 0.6 is 0 Å². The van der Waals surface area contributed by atoms with E-state index in [1.807, 2.05) is 0 Å². The Bertz CT molecular complexity index is 2780. The molecule has 11 rings (SSSR count). The predicted octanol–water partition coefficient (Wildman–Crippen LogP) is 15.2. The van der Waals surface area contributed by atoms with Gasteiger partial charge in [-0.15, -0.1) is 0 Å². The van der Waals surface area contributed by atoms with Crippen LogP contribution in [-0.4, -0.2) is 0 Å². The molecule has 0 bridgehead atoms. The maximum Gasteiger partial charge on any atom is 0.0465 e. The zero-order valence-electron chi connectivity index (χ0n) is 31.6. The Morgan fingerprint density at radius 3 is 1.26 bits per heavy atom. The first-order valence-electron chi connectivity index (χ1n) is 20.0. The van der Waals surface area contributed by atoms with E-state index in [2.05, 4.69) is 228 Å². The lowest BCUT2D eigenvalue weighted by atomic mass is 9.73. The van der Waals surface area contributed by atoms with Gasteiger partial charge in [0.05, 0.1) is 0 Å². The monoisotopic (exact) mass is 728 g/mol. The van der Waals surface area contributed by atoms with Crippen molar-refractivity contribution in [1.29, 1.82) is 0 Å². The van der Waals surface area contributed by atoms with Crippen molar-refractivity contribution >= 4 is 44.9 Å². The van der Waals surface area contributed by atoms with Gasteiger partial charge >= 0.3 is 0 Å². The Labute approximate surface area is 334 Å². The van der Waals surface area contributed by atoms with Gasteiger partial charge in [-0.3, -0.25) is 0 Å². The Balaban J connectivity index is 0.940. The first kappa shape index (κ1) is 33.2. The number of rotatable bonds is 8. The fraction of sp³-hybridized carbons (Fsp3) is 0.0545. The van der Waals surface area contributed by atoms with Gasteiger partial charge in [0.15, 0.2) is 0 Å². The van der Waals surface area contributed by atoms with Crippen molar-refractivity contribution in [3.8, 4) is 33.4 Å². The molecule has 1 fully saturated rings. The second kappa shape index (κ2) is 13.5. The molecule has 0 amide bonds. The summed E-state index contributed by atoms with van der Waals surface area (Å²) in [6, 6.07) is 79.6. The first-order chi connectivity index (χ1) is 28.2. The van der Waals surface area contributed by atoms with Crippen LogP contribution in [0.25, 0.3) is 44.2 Å². The molecular formula is C55H40N2. The number of fused-ring (bicyclic) bond motifs is 4. The summed E-state index contributed by atoms with van der Waals surface area (Å²) in [5.74, 6) is 0. The van der Waals surface area contributed by atoms with Gasteiger partial charge in [0.2, 0.25) is 0 Å². The summed E-state index contributed by atoms with van der Waals surface area (Å²) in [4.78, 5) is 4.69. The van der Waals surface area contributed by atoms with Gasteiger partial charge < -0.3 is 9.80 Å². The summed E-state index contributed by atoms with van der Waals surface area (Å²) >= 11 is 0. The summed E-state index contributed by atoms with van der Waals surface area (Å²) in [5, 5.41) is 2.75. The van der Waals surface area contributed by atoms with Gasteiger partial charge in [0, 0.05) is 39.5 Å². The fourth-order valence-electron chi connectivity index (χ4n) is 9.24. The molecule has 1 spiro atoms. The van der Waals surface area contributed by atoms with E-state index in [-0.39, 0.29) is 5.41 Å². The van der Waals surface area contributed by atoms with Crippen LogP contribution in [0.5, 0.6) is 0 Å². The van der Waals surface area contributed by atoms with Gasteiger partial charge in [-0.2, -0.15) is 0 Å². The zero-order valence-corrected chi connectivity index (χ0v) is 31.6. The van der Waals surface area contributed by atoms with E-state index in [0.29, 0.717) is 0 Å². The van der Waals surface area contributed by atoms with Gasteiger partial charge in [-0.05, 0) is 141 Å². The maximum atomic E-state index is 2.48. The molecule has 0 unspecified atom stereocenters. The number of hydrogen-bond donors (Lipinski definition) is 0. The van der Waals surface area contributed by atoms with Crippen LogP contribution in [0.4, 0.5) is 34.1 Å². The Kier molecular flexibility index (Phi) is 7.89. The molecule has 2 aliphatic rings. The van der Waals surface area contributed by atoms with Gasteiger partial charge in [-0.25, -0.2) is 0 Å². The minimum absolute atomic E-state index is 0.0438. The van der Waals surface area contributed by atoms with Crippen molar-refractivity contribution in [3.05, 3.63) is 230 Å². The van der Waals surface area contributed by atoms with Gasteiger partial charge in [0.1, 0.15) is 0 Å². The molecular weight excluding hydrogens is 689 g/mol.